The van der Waals surface area contributed by atoms with Crippen molar-refractivity contribution in [2.75, 3.05) is 41.1 Å². The van der Waals surface area contributed by atoms with Gasteiger partial charge in [0, 0.05) is 39.7 Å². The van der Waals surface area contributed by atoms with Gasteiger partial charge in [-0.2, -0.15) is 14.8 Å². The number of ether oxygens (including phenoxy) is 6. The third-order valence-electron chi connectivity index (χ3n) is 9.96. The van der Waals surface area contributed by atoms with E-state index in [1.807, 2.05) is 60.8 Å². The first-order valence-corrected chi connectivity index (χ1v) is 19.4. The quantitative estimate of drug-likeness (QED) is 0.0526. The summed E-state index contributed by atoms with van der Waals surface area (Å²) in [5.74, 6) is 1.95. The van der Waals surface area contributed by atoms with Crippen LogP contribution >= 0.6 is 0 Å². The van der Waals surface area contributed by atoms with Crippen molar-refractivity contribution < 1.29 is 47.4 Å². The number of fused-ring (bicyclic) bond motifs is 5. The molecule has 0 fully saturated rings. The van der Waals surface area contributed by atoms with Gasteiger partial charge in [0.05, 0.1) is 35.9 Å². The highest BCUT2D eigenvalue weighted by Crippen LogP contribution is 2.42. The number of hydrogen-bond acceptors (Lipinski definition) is 11. The third kappa shape index (κ3) is 9.71. The summed E-state index contributed by atoms with van der Waals surface area (Å²) in [6, 6.07) is 24.7. The van der Waals surface area contributed by atoms with Crippen molar-refractivity contribution in [3.63, 3.8) is 0 Å². The monoisotopic (exact) mass is 802 g/mol. The Morgan fingerprint density at radius 3 is 2.34 bits per heavy atom. The molecule has 0 radical (unpaired) electrons. The average Bonchev–Trinajstić information content (AvgIpc) is 3.69. The predicted molar refractivity (Wildman–Crippen MR) is 219 cm³/mol. The lowest BCUT2D eigenvalue weighted by molar-refractivity contribution is -0.686. The minimum absolute atomic E-state index is 0.0646. The fourth-order valence-electron chi connectivity index (χ4n) is 6.73. The van der Waals surface area contributed by atoms with E-state index in [0.717, 1.165) is 57.6 Å². The fourth-order valence-corrected chi connectivity index (χ4v) is 6.73. The first-order chi connectivity index (χ1) is 28.3. The summed E-state index contributed by atoms with van der Waals surface area (Å²) in [5, 5.41) is 10.6. The van der Waals surface area contributed by atoms with Gasteiger partial charge in [-0.1, -0.05) is 30.3 Å². The molecule has 14 nitrogen and oxygen atoms in total. The van der Waals surface area contributed by atoms with Crippen molar-refractivity contribution in [3.8, 4) is 34.3 Å². The number of amides is 2. The molecule has 59 heavy (non-hydrogen) atoms. The summed E-state index contributed by atoms with van der Waals surface area (Å²) >= 11 is 0. The molecule has 306 valence electrons. The molecular weight excluding hydrogens is 755 g/mol. The summed E-state index contributed by atoms with van der Waals surface area (Å²) < 4.78 is 35.9. The molecule has 0 aliphatic carbocycles. The second-order valence-electron chi connectivity index (χ2n) is 15.4. The van der Waals surface area contributed by atoms with Gasteiger partial charge in [-0.25, -0.2) is 9.59 Å². The molecule has 2 aliphatic heterocycles. The molecule has 0 bridgehead atoms. The molecule has 0 atom stereocenters. The highest BCUT2D eigenvalue weighted by atomic mass is 16.7. The number of nitrogens with zero attached hydrogens (tertiary/aromatic N) is 5. The number of likely N-dealkylation sites (N-methyl/N-ethyl adjacent to an activating group) is 2. The summed E-state index contributed by atoms with van der Waals surface area (Å²) in [4.78, 5) is 41.0. The Hall–Kier alpha value is -6.70. The largest absolute Gasteiger partial charge is 0.493 e. The Labute approximate surface area is 342 Å². The Bertz CT molecular complexity index is 2410. The van der Waals surface area contributed by atoms with Gasteiger partial charge in [0.2, 0.25) is 12.5 Å². The van der Waals surface area contributed by atoms with Crippen LogP contribution in [0.4, 0.5) is 21.0 Å². The summed E-state index contributed by atoms with van der Waals surface area (Å²) in [7, 11) is 4.79. The lowest BCUT2D eigenvalue weighted by Crippen LogP contribution is -2.40. The number of rotatable bonds is 12. The van der Waals surface area contributed by atoms with E-state index in [4.69, 9.17) is 28.4 Å². The van der Waals surface area contributed by atoms with Crippen LogP contribution in [-0.4, -0.2) is 74.6 Å². The van der Waals surface area contributed by atoms with Crippen LogP contribution in [0, 0.1) is 0 Å². The Morgan fingerprint density at radius 2 is 1.59 bits per heavy atom. The van der Waals surface area contributed by atoms with E-state index in [1.165, 1.54) is 15.4 Å². The molecule has 5 aromatic rings. The third-order valence-corrected chi connectivity index (χ3v) is 9.96. The van der Waals surface area contributed by atoms with Crippen molar-refractivity contribution in [1.29, 1.82) is 0 Å². The molecule has 0 saturated carbocycles. The van der Waals surface area contributed by atoms with Gasteiger partial charge in [0.1, 0.15) is 12.2 Å². The van der Waals surface area contributed by atoms with Crippen LogP contribution in [0.25, 0.3) is 22.0 Å². The molecule has 2 aliphatic rings. The van der Waals surface area contributed by atoms with Gasteiger partial charge < -0.3 is 38.2 Å². The maximum Gasteiger partial charge on any atom is 0.410 e. The van der Waals surface area contributed by atoms with E-state index >= 15 is 0 Å². The number of azo groups is 1. The summed E-state index contributed by atoms with van der Waals surface area (Å²) in [6.45, 7) is 7.01. The molecule has 0 unspecified atom stereocenters. The number of benzene rings is 4. The standard InChI is InChI=1S/C45H48N5O9/c1-45(2,3)59-44(53)49(5)22-21-48(4)43(52)55-27-29-11-15-33(16-12-29)46-47-36-10-8-7-9-30(36)14-18-41(51)58-42-35-26-50-20-19-32-24-39-40(57-28-56-39)25-34(32)37(50)23-31(35)13-17-38(42)54-6/h7-13,15-17,23-26H,14,18-22,27-28H2,1-6H3/q+1. The normalized spacial score (nSPS) is 12.8. The fraction of sp³-hybridized carbons (Fsp3) is 0.333. The van der Waals surface area contributed by atoms with E-state index in [1.54, 1.807) is 54.1 Å². The van der Waals surface area contributed by atoms with Crippen molar-refractivity contribution in [2.45, 2.75) is 58.8 Å². The Balaban J connectivity index is 0.943. The second kappa shape index (κ2) is 17.4. The number of pyridine rings is 1. The lowest BCUT2D eigenvalue weighted by Gasteiger charge is -2.26. The first kappa shape index (κ1) is 40.5. The topological polar surface area (TPSA) is 142 Å². The van der Waals surface area contributed by atoms with Crippen molar-refractivity contribution in [3.05, 3.63) is 102 Å². The number of carbonyl (C=O) groups is 3. The number of carbonyl (C=O) groups excluding carboxylic acids is 3. The Kier molecular flexibility index (Phi) is 12.0. The molecule has 14 heteroatoms. The van der Waals surface area contributed by atoms with E-state index in [2.05, 4.69) is 26.9 Å². The Morgan fingerprint density at radius 1 is 0.864 bits per heavy atom. The summed E-state index contributed by atoms with van der Waals surface area (Å²) in [5.41, 5.74) is 5.59. The second-order valence-corrected chi connectivity index (χ2v) is 15.4. The number of methoxy groups -OCH3 is 1. The molecule has 0 saturated heterocycles. The van der Waals surface area contributed by atoms with Gasteiger partial charge in [0.15, 0.2) is 35.7 Å². The van der Waals surface area contributed by atoms with Crippen molar-refractivity contribution in [2.24, 2.45) is 10.2 Å². The number of aryl methyl sites for hydroxylation is 3. The SMILES string of the molecule is COc1ccc2cc3[n+](cc2c1OC(=O)CCc1ccccc1N=Nc1ccc(COC(=O)N(C)CCN(C)C(=O)OC(C)(C)C)cc1)CCc1cc2c(cc1-3)OCO2. The van der Waals surface area contributed by atoms with Crippen LogP contribution in [0.1, 0.15) is 43.9 Å². The van der Waals surface area contributed by atoms with Crippen LogP contribution in [0.15, 0.2) is 95.3 Å². The van der Waals surface area contributed by atoms with Crippen LogP contribution in [-0.2, 0) is 40.3 Å². The van der Waals surface area contributed by atoms with Gasteiger partial charge in [-0.15, -0.1) is 0 Å². The molecule has 0 N–H and O–H groups in total. The zero-order chi connectivity index (χ0) is 41.7. The van der Waals surface area contributed by atoms with Gasteiger partial charge >= 0.3 is 18.2 Å². The van der Waals surface area contributed by atoms with Crippen molar-refractivity contribution in [1.82, 2.24) is 9.80 Å². The maximum absolute atomic E-state index is 13.4. The van der Waals surface area contributed by atoms with Crippen LogP contribution in [0.2, 0.25) is 0 Å². The van der Waals surface area contributed by atoms with E-state index in [-0.39, 0.29) is 26.4 Å². The van der Waals surface area contributed by atoms with Crippen LogP contribution < -0.4 is 23.5 Å². The molecule has 3 heterocycles. The molecule has 7 rings (SSSR count). The molecule has 2 amide bonds. The maximum atomic E-state index is 13.4. The van der Waals surface area contributed by atoms with Gasteiger partial charge in [-0.3, -0.25) is 4.79 Å². The zero-order valence-electron chi connectivity index (χ0n) is 34.2. The number of hydrogen-bond donors (Lipinski definition) is 0. The number of aromatic nitrogens is 1. The average molecular weight is 803 g/mol. The molecule has 0 spiro atoms. The minimum Gasteiger partial charge on any atom is -0.493 e. The minimum atomic E-state index is -0.602. The van der Waals surface area contributed by atoms with E-state index in [0.29, 0.717) is 35.8 Å². The van der Waals surface area contributed by atoms with E-state index < -0.39 is 23.8 Å². The van der Waals surface area contributed by atoms with Crippen LogP contribution in [0.3, 0.4) is 0 Å². The molecule has 1 aromatic heterocycles. The number of esters is 1. The lowest BCUT2D eigenvalue weighted by atomic mass is 9.95. The zero-order valence-corrected chi connectivity index (χ0v) is 34.2. The smallest absolute Gasteiger partial charge is 0.410 e. The van der Waals surface area contributed by atoms with Gasteiger partial charge in [0.25, 0.3) is 0 Å². The molecular formula is C45H48N5O9+. The van der Waals surface area contributed by atoms with E-state index in [9.17, 15) is 14.4 Å². The van der Waals surface area contributed by atoms with Gasteiger partial charge in [-0.05, 0) is 91.7 Å². The molecule has 4 aromatic carbocycles. The summed E-state index contributed by atoms with van der Waals surface area (Å²) in [6.07, 6.45) is 2.37. The highest BCUT2D eigenvalue weighted by molar-refractivity contribution is 5.93. The first-order valence-electron chi connectivity index (χ1n) is 19.4. The van der Waals surface area contributed by atoms with Crippen molar-refractivity contribution >= 4 is 40.3 Å². The highest BCUT2D eigenvalue weighted by Gasteiger charge is 2.29. The van der Waals surface area contributed by atoms with Crippen LogP contribution in [0.5, 0.6) is 23.0 Å². The predicted octanol–water partition coefficient (Wildman–Crippen LogP) is 8.48.